The zero-order valence-electron chi connectivity index (χ0n) is 23.5. The first-order valence-corrected chi connectivity index (χ1v) is 13.3. The number of hydrogen-bond donors (Lipinski definition) is 2. The molecule has 2 aromatic carbocycles. The number of fused-ring (bicyclic) bond motifs is 2. The lowest BCUT2D eigenvalue weighted by Crippen LogP contribution is -2.33. The van der Waals surface area contributed by atoms with E-state index in [1.165, 1.54) is 9.08 Å². The molecule has 0 saturated heterocycles. The maximum atomic E-state index is 14.2. The molecule has 0 radical (unpaired) electrons. The highest BCUT2D eigenvalue weighted by Crippen LogP contribution is 2.22. The minimum atomic E-state index is -0.693. The van der Waals surface area contributed by atoms with Gasteiger partial charge in [0.1, 0.15) is 22.9 Å². The van der Waals surface area contributed by atoms with Gasteiger partial charge in [-0.3, -0.25) is 14.2 Å². The average Bonchev–Trinajstić information content (AvgIpc) is 3.50. The van der Waals surface area contributed by atoms with Gasteiger partial charge in [0.05, 0.1) is 28.8 Å². The predicted molar refractivity (Wildman–Crippen MR) is 159 cm³/mol. The number of benzene rings is 2. The van der Waals surface area contributed by atoms with Gasteiger partial charge in [-0.15, -0.1) is 5.10 Å². The molecule has 4 aromatic heterocycles. The van der Waals surface area contributed by atoms with Crippen molar-refractivity contribution < 1.29 is 4.79 Å². The molecule has 11 nitrogen and oxygen atoms in total. The van der Waals surface area contributed by atoms with Crippen molar-refractivity contribution in [1.29, 1.82) is 0 Å². The summed E-state index contributed by atoms with van der Waals surface area (Å²) in [6, 6.07) is 15.6. The molecule has 4 heterocycles. The van der Waals surface area contributed by atoms with Crippen LogP contribution in [0.5, 0.6) is 0 Å². The molecule has 1 amide bonds. The van der Waals surface area contributed by atoms with Crippen molar-refractivity contribution in [2.24, 2.45) is 7.05 Å². The van der Waals surface area contributed by atoms with Gasteiger partial charge in [0, 0.05) is 24.5 Å². The van der Waals surface area contributed by atoms with Gasteiger partial charge < -0.3 is 15.6 Å². The largest absolute Gasteiger partial charge is 0.381 e. The van der Waals surface area contributed by atoms with Crippen molar-refractivity contribution in [3.05, 3.63) is 112 Å². The Labute approximate surface area is 240 Å². The minimum absolute atomic E-state index is 0.0558. The Kier molecular flexibility index (Phi) is 6.51. The van der Waals surface area contributed by atoms with Crippen LogP contribution in [-0.2, 0) is 7.05 Å². The third-order valence-corrected chi connectivity index (χ3v) is 7.18. The highest BCUT2D eigenvalue weighted by molar-refractivity contribution is 6.04. The number of carbonyl (C=O) groups excluding carboxylic acids is 1. The molecule has 0 bridgehead atoms. The Balaban J connectivity index is 1.48. The molecule has 208 valence electrons. The number of anilines is 1. The Morgan fingerprint density at radius 1 is 1.02 bits per heavy atom. The molecule has 1 unspecified atom stereocenters. The first-order valence-electron chi connectivity index (χ1n) is 13.3. The zero-order chi connectivity index (χ0) is 29.5. The number of rotatable bonds is 4. The molecular weight excluding hydrogens is 530 g/mol. The van der Waals surface area contributed by atoms with E-state index in [-0.39, 0.29) is 16.9 Å². The Morgan fingerprint density at radius 3 is 2.55 bits per heavy atom. The topological polar surface area (TPSA) is 138 Å². The summed E-state index contributed by atoms with van der Waals surface area (Å²) < 4.78 is 4.92. The first-order chi connectivity index (χ1) is 20.2. The summed E-state index contributed by atoms with van der Waals surface area (Å²) >= 11 is 0. The molecule has 0 fully saturated rings. The van der Waals surface area contributed by atoms with E-state index in [2.05, 4.69) is 32.2 Å². The lowest BCUT2D eigenvalue weighted by atomic mass is 10.1. The summed E-state index contributed by atoms with van der Waals surface area (Å²) in [6.45, 7) is 5.51. The Morgan fingerprint density at radius 2 is 1.81 bits per heavy atom. The SMILES string of the molecule is Cc1ncc(C#Cc2cccc3nc(C(C)NC(=O)c4c(N)nn5c(C)ccnc45)n(-c4ccccc4)c(=O)c23)n1C. The normalized spacial score (nSPS) is 11.8. The van der Waals surface area contributed by atoms with Crippen molar-refractivity contribution >= 4 is 28.3 Å². The van der Waals surface area contributed by atoms with Crippen molar-refractivity contribution in [2.45, 2.75) is 26.8 Å². The van der Waals surface area contributed by atoms with Crippen LogP contribution in [0, 0.1) is 25.7 Å². The number of nitrogens with zero attached hydrogens (tertiary/aromatic N) is 7. The number of nitrogens with one attached hydrogen (secondary N) is 1. The van der Waals surface area contributed by atoms with E-state index >= 15 is 0 Å². The van der Waals surface area contributed by atoms with Crippen LogP contribution < -0.4 is 16.6 Å². The minimum Gasteiger partial charge on any atom is -0.381 e. The van der Waals surface area contributed by atoms with E-state index in [1.807, 2.05) is 55.8 Å². The highest BCUT2D eigenvalue weighted by Gasteiger charge is 2.25. The maximum absolute atomic E-state index is 14.2. The second-order valence-electron chi connectivity index (χ2n) is 9.92. The lowest BCUT2D eigenvalue weighted by Gasteiger charge is -2.20. The van der Waals surface area contributed by atoms with Crippen LogP contribution >= 0.6 is 0 Å². The second-order valence-corrected chi connectivity index (χ2v) is 9.92. The first kappa shape index (κ1) is 26.5. The number of nitrogens with two attached hydrogens (primary N) is 1. The molecule has 42 heavy (non-hydrogen) atoms. The van der Waals surface area contributed by atoms with Crippen LogP contribution in [0.25, 0.3) is 22.2 Å². The number of para-hydroxylation sites is 1. The van der Waals surface area contributed by atoms with Gasteiger partial charge in [-0.1, -0.05) is 30.2 Å². The number of aryl methyl sites for hydroxylation is 2. The number of amides is 1. The monoisotopic (exact) mass is 557 g/mol. The van der Waals surface area contributed by atoms with Gasteiger partial charge in [0.25, 0.3) is 11.5 Å². The molecule has 0 aliphatic rings. The lowest BCUT2D eigenvalue weighted by molar-refractivity contribution is 0.0940. The van der Waals surface area contributed by atoms with Gasteiger partial charge in [0.2, 0.25) is 0 Å². The fourth-order valence-corrected chi connectivity index (χ4v) is 4.85. The van der Waals surface area contributed by atoms with E-state index < -0.39 is 11.9 Å². The van der Waals surface area contributed by atoms with Crippen LogP contribution in [0.3, 0.4) is 0 Å². The van der Waals surface area contributed by atoms with Crippen LogP contribution in [0.2, 0.25) is 0 Å². The van der Waals surface area contributed by atoms with Gasteiger partial charge in [0.15, 0.2) is 11.5 Å². The van der Waals surface area contributed by atoms with Gasteiger partial charge in [-0.25, -0.2) is 19.5 Å². The molecule has 0 aliphatic carbocycles. The molecule has 11 heteroatoms. The number of aromatic nitrogens is 7. The summed E-state index contributed by atoms with van der Waals surface area (Å²) in [5, 5.41) is 7.60. The zero-order valence-corrected chi connectivity index (χ0v) is 23.5. The Hall–Kier alpha value is -5.76. The summed E-state index contributed by atoms with van der Waals surface area (Å²) in [7, 11) is 1.89. The van der Waals surface area contributed by atoms with Crippen LogP contribution in [-0.4, -0.2) is 39.6 Å². The highest BCUT2D eigenvalue weighted by atomic mass is 16.2. The summed E-state index contributed by atoms with van der Waals surface area (Å²) in [5.41, 5.74) is 9.44. The van der Waals surface area contributed by atoms with Gasteiger partial charge in [-0.05, 0) is 57.0 Å². The third kappa shape index (κ3) is 4.45. The maximum Gasteiger partial charge on any atom is 0.267 e. The van der Waals surface area contributed by atoms with Crippen molar-refractivity contribution in [3.63, 3.8) is 0 Å². The van der Waals surface area contributed by atoms with Crippen molar-refractivity contribution in [2.75, 3.05) is 5.73 Å². The quantitative estimate of drug-likeness (QED) is 0.317. The fourth-order valence-electron chi connectivity index (χ4n) is 4.85. The molecule has 6 aromatic rings. The molecule has 6 rings (SSSR count). The van der Waals surface area contributed by atoms with Crippen molar-refractivity contribution in [1.82, 2.24) is 39.0 Å². The molecular formula is C31H27N9O2. The van der Waals surface area contributed by atoms with Crippen LogP contribution in [0.4, 0.5) is 5.82 Å². The third-order valence-electron chi connectivity index (χ3n) is 7.18. The number of imidazole rings is 1. The van der Waals surface area contributed by atoms with Crippen LogP contribution in [0.15, 0.2) is 71.8 Å². The summed E-state index contributed by atoms with van der Waals surface area (Å²) in [5.74, 6) is 7.02. The molecule has 0 spiro atoms. The van der Waals surface area contributed by atoms with E-state index in [1.54, 1.807) is 43.6 Å². The number of hydrogen-bond acceptors (Lipinski definition) is 7. The summed E-state index contributed by atoms with van der Waals surface area (Å²) in [4.78, 5) is 41.2. The predicted octanol–water partition coefficient (Wildman–Crippen LogP) is 3.25. The number of carbonyl (C=O) groups is 1. The van der Waals surface area contributed by atoms with E-state index in [9.17, 15) is 9.59 Å². The summed E-state index contributed by atoms with van der Waals surface area (Å²) in [6.07, 6.45) is 3.30. The molecule has 0 aliphatic heterocycles. The second kappa shape index (κ2) is 10.3. The Bertz CT molecular complexity index is 2130. The fraction of sp³-hybridized carbons (Fsp3) is 0.161. The molecule has 3 N–H and O–H groups in total. The molecule has 1 atom stereocenters. The van der Waals surface area contributed by atoms with E-state index in [4.69, 9.17) is 10.7 Å². The van der Waals surface area contributed by atoms with Crippen LogP contribution in [0.1, 0.15) is 51.9 Å². The molecule has 0 saturated carbocycles. The van der Waals surface area contributed by atoms with E-state index in [0.717, 1.165) is 17.2 Å². The van der Waals surface area contributed by atoms with E-state index in [0.29, 0.717) is 33.6 Å². The van der Waals surface area contributed by atoms with Gasteiger partial charge in [-0.2, -0.15) is 0 Å². The smallest absolute Gasteiger partial charge is 0.267 e. The van der Waals surface area contributed by atoms with Gasteiger partial charge >= 0.3 is 0 Å². The average molecular weight is 558 g/mol. The number of nitrogen functional groups attached to an aromatic ring is 1. The standard InChI is InChI=1S/C31H27N9O2/c1-18-15-16-33-29-26(27(32)37-40(18)29)30(41)35-19(2)28-36-24-12-8-9-21(13-14-23-17-34-20(3)38(23)4)25(24)31(42)39(28)22-10-6-5-7-11-22/h5-12,15-17,19H,1-4H3,(H2,32,37)(H,35,41). The van der Waals surface area contributed by atoms with Crippen molar-refractivity contribution in [3.8, 4) is 17.5 Å².